The predicted molar refractivity (Wildman–Crippen MR) is 107 cm³/mol. The Bertz CT molecular complexity index is 957. The van der Waals surface area contributed by atoms with E-state index in [1.54, 1.807) is 50.2 Å². The summed E-state index contributed by atoms with van der Waals surface area (Å²) < 4.78 is 6.59. The number of nitrogens with one attached hydrogen (secondary N) is 2. The lowest BCUT2D eigenvalue weighted by molar-refractivity contribution is -0.128. The van der Waals surface area contributed by atoms with E-state index >= 15 is 0 Å². The van der Waals surface area contributed by atoms with Crippen molar-refractivity contribution in [1.82, 2.24) is 4.98 Å². The molecule has 0 atom stereocenters. The molecular formula is C17H16Cl2N4O2S. The first kappa shape index (κ1) is 18.7. The van der Waals surface area contributed by atoms with E-state index in [0.717, 1.165) is 4.70 Å². The fourth-order valence-electron chi connectivity index (χ4n) is 2.25. The Hall–Kier alpha value is -2.06. The minimum atomic E-state index is -1.10. The van der Waals surface area contributed by atoms with Gasteiger partial charge in [-0.2, -0.15) is 0 Å². The first-order valence-corrected chi connectivity index (χ1v) is 9.18. The Kier molecular flexibility index (Phi) is 5.24. The summed E-state index contributed by atoms with van der Waals surface area (Å²) in [6.45, 7) is 3.36. The van der Waals surface area contributed by atoms with E-state index in [-0.39, 0.29) is 5.91 Å². The van der Waals surface area contributed by atoms with Gasteiger partial charge in [0.2, 0.25) is 0 Å². The van der Waals surface area contributed by atoms with Crippen molar-refractivity contribution in [3.8, 4) is 5.75 Å². The predicted octanol–water partition coefficient (Wildman–Crippen LogP) is 4.68. The Morgan fingerprint density at radius 2 is 1.92 bits per heavy atom. The van der Waals surface area contributed by atoms with Gasteiger partial charge in [-0.25, -0.2) is 10.8 Å². The zero-order valence-corrected chi connectivity index (χ0v) is 16.3. The van der Waals surface area contributed by atoms with Crippen LogP contribution in [0.5, 0.6) is 5.75 Å². The summed E-state index contributed by atoms with van der Waals surface area (Å²) in [5.74, 6) is 5.61. The molecule has 0 aliphatic carbocycles. The average molecular weight is 411 g/mol. The van der Waals surface area contributed by atoms with Crippen LogP contribution in [0, 0.1) is 0 Å². The minimum Gasteiger partial charge on any atom is -0.478 e. The number of anilines is 2. The number of fused-ring (bicyclic) bond motifs is 1. The Labute approximate surface area is 164 Å². The second-order valence-electron chi connectivity index (χ2n) is 5.99. The van der Waals surface area contributed by atoms with Gasteiger partial charge in [0.25, 0.3) is 5.91 Å². The van der Waals surface area contributed by atoms with Crippen molar-refractivity contribution in [3.63, 3.8) is 0 Å². The van der Waals surface area contributed by atoms with Crippen molar-refractivity contribution >= 4 is 61.5 Å². The number of carbonyl (C=O) groups excluding carboxylic acids is 1. The van der Waals surface area contributed by atoms with Gasteiger partial charge in [-0.05, 0) is 50.2 Å². The van der Waals surface area contributed by atoms with E-state index in [2.05, 4.69) is 15.7 Å². The number of benzene rings is 2. The third-order valence-corrected chi connectivity index (χ3v) is 5.04. The first-order valence-electron chi connectivity index (χ1n) is 7.61. The third kappa shape index (κ3) is 4.02. The van der Waals surface area contributed by atoms with Crippen molar-refractivity contribution in [2.24, 2.45) is 5.84 Å². The van der Waals surface area contributed by atoms with Gasteiger partial charge in [0, 0.05) is 10.7 Å². The van der Waals surface area contributed by atoms with Gasteiger partial charge in [-0.1, -0.05) is 34.5 Å². The smallest absolute Gasteiger partial charge is 0.267 e. The molecule has 1 heterocycles. The van der Waals surface area contributed by atoms with Crippen LogP contribution in [0.3, 0.4) is 0 Å². The van der Waals surface area contributed by atoms with Gasteiger partial charge >= 0.3 is 0 Å². The van der Waals surface area contributed by atoms with Crippen LogP contribution in [-0.2, 0) is 4.79 Å². The molecule has 0 aliphatic rings. The van der Waals surface area contributed by atoms with Crippen LogP contribution >= 0.6 is 34.5 Å². The number of aromatic nitrogens is 1. The highest BCUT2D eigenvalue weighted by atomic mass is 35.5. The summed E-state index contributed by atoms with van der Waals surface area (Å²) in [4.78, 5) is 16.9. The van der Waals surface area contributed by atoms with Crippen molar-refractivity contribution in [3.05, 3.63) is 46.4 Å². The molecule has 2 aromatic carbocycles. The molecule has 0 spiro atoms. The second kappa shape index (κ2) is 7.28. The lowest BCUT2D eigenvalue weighted by atomic mass is 10.1. The number of amides is 1. The van der Waals surface area contributed by atoms with Crippen molar-refractivity contribution in [1.29, 1.82) is 0 Å². The normalized spacial score (nSPS) is 11.4. The maximum absolute atomic E-state index is 12.7. The van der Waals surface area contributed by atoms with E-state index in [0.29, 0.717) is 32.1 Å². The second-order valence-corrected chi connectivity index (χ2v) is 7.86. The molecule has 1 amide bonds. The Morgan fingerprint density at radius 3 is 2.58 bits per heavy atom. The number of hydrogen-bond donors (Lipinski definition) is 3. The molecule has 4 N–H and O–H groups in total. The molecule has 0 saturated carbocycles. The molecule has 6 nitrogen and oxygen atoms in total. The fourth-order valence-corrected chi connectivity index (χ4v) is 3.53. The number of ether oxygens (including phenoxy) is 1. The van der Waals surface area contributed by atoms with Crippen LogP contribution in [0.1, 0.15) is 13.8 Å². The number of nitrogens with two attached hydrogens (primary N) is 1. The summed E-state index contributed by atoms with van der Waals surface area (Å²) in [5.41, 5.74) is 2.56. The van der Waals surface area contributed by atoms with Crippen LogP contribution in [0.2, 0.25) is 10.0 Å². The summed E-state index contributed by atoms with van der Waals surface area (Å²) >= 11 is 13.5. The molecule has 0 saturated heterocycles. The highest BCUT2D eigenvalue weighted by Crippen LogP contribution is 2.34. The lowest BCUT2D eigenvalue weighted by Crippen LogP contribution is -2.42. The highest BCUT2D eigenvalue weighted by Gasteiger charge is 2.30. The largest absolute Gasteiger partial charge is 0.478 e. The third-order valence-electron chi connectivity index (χ3n) is 3.56. The number of hydrazine groups is 1. The lowest BCUT2D eigenvalue weighted by Gasteiger charge is -2.25. The number of nitrogens with zero attached hydrogens (tertiary/aromatic N) is 1. The van der Waals surface area contributed by atoms with Crippen LogP contribution in [0.15, 0.2) is 36.4 Å². The van der Waals surface area contributed by atoms with Crippen molar-refractivity contribution in [2.45, 2.75) is 19.4 Å². The van der Waals surface area contributed by atoms with Gasteiger partial charge in [0.15, 0.2) is 10.7 Å². The number of rotatable bonds is 5. The topological polar surface area (TPSA) is 89.3 Å². The van der Waals surface area contributed by atoms with Gasteiger partial charge in [0.1, 0.15) is 11.3 Å². The van der Waals surface area contributed by atoms with Gasteiger partial charge < -0.3 is 10.1 Å². The van der Waals surface area contributed by atoms with E-state index in [1.807, 2.05) is 0 Å². The molecule has 26 heavy (non-hydrogen) atoms. The number of halogens is 2. The molecule has 0 unspecified atom stereocenters. The van der Waals surface area contributed by atoms with E-state index in [9.17, 15) is 4.79 Å². The Morgan fingerprint density at radius 1 is 1.23 bits per heavy atom. The maximum Gasteiger partial charge on any atom is 0.267 e. The van der Waals surface area contributed by atoms with Crippen molar-refractivity contribution < 1.29 is 9.53 Å². The SMILES string of the molecule is CC(C)(Oc1ccc(Cl)cc1)C(=O)Nc1cc(Cl)c2nc(NN)sc2c1. The van der Waals surface area contributed by atoms with Gasteiger partial charge in [0.05, 0.1) is 9.72 Å². The quantitative estimate of drug-likeness (QED) is 0.419. The summed E-state index contributed by atoms with van der Waals surface area (Å²) in [6, 6.07) is 10.2. The molecule has 1 aromatic heterocycles. The molecule has 3 aromatic rings. The monoisotopic (exact) mass is 410 g/mol. The van der Waals surface area contributed by atoms with Gasteiger partial charge in [-0.3, -0.25) is 10.2 Å². The van der Waals surface area contributed by atoms with E-state index in [1.165, 1.54) is 11.3 Å². The van der Waals surface area contributed by atoms with E-state index in [4.69, 9.17) is 33.8 Å². The highest BCUT2D eigenvalue weighted by molar-refractivity contribution is 7.22. The molecule has 3 rings (SSSR count). The fraction of sp³-hybridized carbons (Fsp3) is 0.176. The molecule has 0 aliphatic heterocycles. The first-order chi connectivity index (χ1) is 12.3. The number of hydrogen-bond acceptors (Lipinski definition) is 6. The number of nitrogen functional groups attached to an aromatic ring is 1. The molecule has 9 heteroatoms. The zero-order valence-electron chi connectivity index (χ0n) is 14.0. The van der Waals surface area contributed by atoms with Crippen LogP contribution in [0.25, 0.3) is 10.2 Å². The van der Waals surface area contributed by atoms with Gasteiger partial charge in [-0.15, -0.1) is 0 Å². The minimum absolute atomic E-state index is 0.315. The maximum atomic E-state index is 12.7. The summed E-state index contributed by atoms with van der Waals surface area (Å²) in [7, 11) is 0. The van der Waals surface area contributed by atoms with Crippen LogP contribution in [0.4, 0.5) is 10.8 Å². The standard InChI is InChI=1S/C17H16Cl2N4O2S/c1-17(2,25-11-5-3-9(18)4-6-11)15(24)21-10-7-12(19)14-13(8-10)26-16(22-14)23-20/h3-8H,20H2,1-2H3,(H,21,24)(H,22,23). The van der Waals surface area contributed by atoms with Crippen molar-refractivity contribution in [2.75, 3.05) is 10.7 Å². The molecule has 0 fully saturated rings. The number of thiazole rings is 1. The molecule has 136 valence electrons. The zero-order chi connectivity index (χ0) is 18.9. The molecule has 0 bridgehead atoms. The van der Waals surface area contributed by atoms with Crippen LogP contribution in [-0.4, -0.2) is 16.5 Å². The Balaban J connectivity index is 1.79. The van der Waals surface area contributed by atoms with Crippen LogP contribution < -0.4 is 21.3 Å². The molecular weight excluding hydrogens is 395 g/mol. The molecule has 0 radical (unpaired) electrons. The average Bonchev–Trinajstić information content (AvgIpc) is 3.00. The summed E-state index contributed by atoms with van der Waals surface area (Å²) in [6.07, 6.45) is 0. The number of carbonyl (C=O) groups is 1. The van der Waals surface area contributed by atoms with E-state index < -0.39 is 5.60 Å². The summed E-state index contributed by atoms with van der Waals surface area (Å²) in [5, 5.41) is 4.38.